The molecule has 0 amide bonds. The lowest BCUT2D eigenvalue weighted by Gasteiger charge is -2.04. The van der Waals surface area contributed by atoms with Crippen molar-refractivity contribution in [3.8, 4) is 0 Å². The van der Waals surface area contributed by atoms with E-state index in [1.807, 2.05) is 0 Å². The Labute approximate surface area is 78.5 Å². The van der Waals surface area contributed by atoms with Gasteiger partial charge in [-0.05, 0) is 24.0 Å². The maximum Gasteiger partial charge on any atom is 0.392 e. The molecule has 0 saturated heterocycles. The quantitative estimate of drug-likeness (QED) is 0.614. The van der Waals surface area contributed by atoms with Gasteiger partial charge in [-0.2, -0.15) is 13.2 Å². The van der Waals surface area contributed by atoms with Gasteiger partial charge in [0.2, 0.25) is 0 Å². The molecule has 0 spiro atoms. The molecule has 0 heterocycles. The minimum absolute atomic E-state index is 0.0763. The van der Waals surface area contributed by atoms with Crippen LogP contribution in [0.15, 0.2) is 18.2 Å². The summed E-state index contributed by atoms with van der Waals surface area (Å²) in [5.41, 5.74) is 0.420. The molecule has 1 aliphatic rings. The maximum atomic E-state index is 12.6. The number of alkyl halides is 3. The van der Waals surface area contributed by atoms with Gasteiger partial charge < -0.3 is 0 Å². The first-order valence-corrected chi connectivity index (χ1v) is 4.22. The van der Waals surface area contributed by atoms with E-state index in [9.17, 15) is 17.6 Å². The molecule has 0 N–H and O–H groups in total. The van der Waals surface area contributed by atoms with Gasteiger partial charge in [-0.15, -0.1) is 0 Å². The Balaban J connectivity index is 2.14. The first-order valence-electron chi connectivity index (χ1n) is 4.22. The summed E-state index contributed by atoms with van der Waals surface area (Å²) in [6.07, 6.45) is -4.08. The summed E-state index contributed by atoms with van der Waals surface area (Å²) >= 11 is 0. The number of hydrogen-bond donors (Lipinski definition) is 0. The van der Waals surface area contributed by atoms with E-state index in [0.29, 0.717) is 5.56 Å². The molecule has 2 atom stereocenters. The van der Waals surface area contributed by atoms with Crippen LogP contribution in [0, 0.1) is 17.8 Å². The Bertz CT molecular complexity index is 342. The second kappa shape index (κ2) is 2.97. The fourth-order valence-corrected chi connectivity index (χ4v) is 1.61. The molecule has 2 unspecified atom stereocenters. The summed E-state index contributed by atoms with van der Waals surface area (Å²) in [6.45, 7) is 0. The molecule has 0 aromatic heterocycles. The van der Waals surface area contributed by atoms with Crippen molar-refractivity contribution in [1.29, 1.82) is 0 Å². The molecular weight excluding hydrogens is 196 g/mol. The van der Waals surface area contributed by atoms with Crippen LogP contribution < -0.4 is 0 Å². The van der Waals surface area contributed by atoms with Gasteiger partial charge in [0, 0.05) is 6.07 Å². The average Bonchev–Trinajstić information content (AvgIpc) is 2.81. The molecule has 2 rings (SSSR count). The molecular formula is C10H7F4. The first kappa shape index (κ1) is 9.49. The van der Waals surface area contributed by atoms with Gasteiger partial charge in [0.1, 0.15) is 5.82 Å². The number of hydrogen-bond acceptors (Lipinski definition) is 0. The Morgan fingerprint density at radius 2 is 2.07 bits per heavy atom. The molecule has 4 heteroatoms. The zero-order chi connectivity index (χ0) is 10.3. The standard InChI is InChI=1S/C10H7F4/c11-7-3-1-2-6(4-7)8-5-9(8)10(12,13)14/h1-2,4,8-9H,5H2. The van der Waals surface area contributed by atoms with E-state index in [4.69, 9.17) is 0 Å². The van der Waals surface area contributed by atoms with E-state index < -0.39 is 23.8 Å². The minimum atomic E-state index is -4.15. The van der Waals surface area contributed by atoms with Gasteiger partial charge in [-0.1, -0.05) is 12.1 Å². The number of benzene rings is 1. The minimum Gasteiger partial charge on any atom is -0.206 e. The van der Waals surface area contributed by atoms with E-state index in [1.54, 1.807) is 0 Å². The summed E-state index contributed by atoms with van der Waals surface area (Å²) in [4.78, 5) is 0. The van der Waals surface area contributed by atoms with Gasteiger partial charge in [0.25, 0.3) is 0 Å². The Hall–Kier alpha value is -1.06. The van der Waals surface area contributed by atoms with Crippen LogP contribution in [0.1, 0.15) is 17.9 Å². The van der Waals surface area contributed by atoms with E-state index in [2.05, 4.69) is 6.07 Å². The van der Waals surface area contributed by atoms with Gasteiger partial charge in [-0.3, -0.25) is 0 Å². The van der Waals surface area contributed by atoms with Crippen molar-refractivity contribution in [1.82, 2.24) is 0 Å². The SMILES string of the molecule is Fc1[c]ccc(C2CC2C(F)(F)F)c1. The molecule has 1 fully saturated rings. The Kier molecular flexibility index (Phi) is 2.01. The molecule has 75 valence electrons. The molecule has 0 bridgehead atoms. The number of rotatable bonds is 1. The predicted octanol–water partition coefficient (Wildman–Crippen LogP) is 3.29. The largest absolute Gasteiger partial charge is 0.392 e. The summed E-state index contributed by atoms with van der Waals surface area (Å²) in [5, 5.41) is 0. The molecule has 1 aromatic carbocycles. The van der Waals surface area contributed by atoms with E-state index >= 15 is 0 Å². The first-order chi connectivity index (χ1) is 6.48. The van der Waals surface area contributed by atoms with Crippen molar-refractivity contribution < 1.29 is 17.6 Å². The van der Waals surface area contributed by atoms with Gasteiger partial charge >= 0.3 is 6.18 Å². The molecule has 14 heavy (non-hydrogen) atoms. The van der Waals surface area contributed by atoms with Gasteiger partial charge in [0.15, 0.2) is 0 Å². The fraction of sp³-hybridized carbons (Fsp3) is 0.400. The monoisotopic (exact) mass is 203 g/mol. The zero-order valence-electron chi connectivity index (χ0n) is 7.11. The van der Waals surface area contributed by atoms with Crippen molar-refractivity contribution in [2.75, 3.05) is 0 Å². The highest BCUT2D eigenvalue weighted by atomic mass is 19.4. The van der Waals surface area contributed by atoms with Crippen molar-refractivity contribution in [2.45, 2.75) is 18.5 Å². The predicted molar refractivity (Wildman–Crippen MR) is 42.1 cm³/mol. The molecule has 1 saturated carbocycles. The molecule has 0 nitrogen and oxygen atoms in total. The van der Waals surface area contributed by atoms with Gasteiger partial charge in [0.05, 0.1) is 5.92 Å². The summed E-state index contributed by atoms with van der Waals surface area (Å²) in [7, 11) is 0. The van der Waals surface area contributed by atoms with Crippen LogP contribution in [-0.2, 0) is 0 Å². The molecule has 1 aliphatic carbocycles. The van der Waals surface area contributed by atoms with E-state index in [-0.39, 0.29) is 6.42 Å². The van der Waals surface area contributed by atoms with Crippen LogP contribution in [0.4, 0.5) is 17.6 Å². The second-order valence-electron chi connectivity index (χ2n) is 3.46. The van der Waals surface area contributed by atoms with E-state index in [0.717, 1.165) is 6.07 Å². The van der Waals surface area contributed by atoms with Crippen molar-refractivity contribution in [3.63, 3.8) is 0 Å². The smallest absolute Gasteiger partial charge is 0.206 e. The van der Waals surface area contributed by atoms with Crippen molar-refractivity contribution >= 4 is 0 Å². The summed E-state index contributed by atoms with van der Waals surface area (Å²) in [6, 6.07) is 6.18. The lowest BCUT2D eigenvalue weighted by Crippen LogP contribution is -2.11. The summed E-state index contributed by atoms with van der Waals surface area (Å²) < 4.78 is 49.2. The van der Waals surface area contributed by atoms with Crippen LogP contribution in [0.2, 0.25) is 0 Å². The fourth-order valence-electron chi connectivity index (χ4n) is 1.61. The third kappa shape index (κ3) is 1.74. The highest BCUT2D eigenvalue weighted by Gasteiger charge is 2.56. The maximum absolute atomic E-state index is 12.6. The van der Waals surface area contributed by atoms with Crippen LogP contribution in [0.5, 0.6) is 0 Å². The lowest BCUT2D eigenvalue weighted by atomic mass is 10.1. The topological polar surface area (TPSA) is 0 Å². The third-order valence-electron chi connectivity index (χ3n) is 2.43. The number of halogens is 4. The molecule has 0 aliphatic heterocycles. The summed E-state index contributed by atoms with van der Waals surface area (Å²) in [5.74, 6) is -2.45. The normalized spacial score (nSPS) is 26.3. The van der Waals surface area contributed by atoms with E-state index in [1.165, 1.54) is 12.1 Å². The van der Waals surface area contributed by atoms with Gasteiger partial charge in [-0.25, -0.2) is 4.39 Å². The average molecular weight is 203 g/mol. The zero-order valence-corrected chi connectivity index (χ0v) is 7.11. The third-order valence-corrected chi connectivity index (χ3v) is 2.43. The molecule has 1 radical (unpaired) electrons. The van der Waals surface area contributed by atoms with Crippen LogP contribution in [0.3, 0.4) is 0 Å². The molecule has 1 aromatic rings. The lowest BCUT2D eigenvalue weighted by molar-refractivity contribution is -0.148. The van der Waals surface area contributed by atoms with Crippen LogP contribution in [-0.4, -0.2) is 6.18 Å². The highest BCUT2D eigenvalue weighted by molar-refractivity contribution is 5.26. The Morgan fingerprint density at radius 3 is 2.57 bits per heavy atom. The van der Waals surface area contributed by atoms with Crippen LogP contribution >= 0.6 is 0 Å². The Morgan fingerprint density at radius 1 is 1.36 bits per heavy atom. The van der Waals surface area contributed by atoms with Crippen molar-refractivity contribution in [3.05, 3.63) is 35.6 Å². The van der Waals surface area contributed by atoms with Crippen LogP contribution in [0.25, 0.3) is 0 Å². The highest BCUT2D eigenvalue weighted by Crippen LogP contribution is 2.55. The van der Waals surface area contributed by atoms with Crippen molar-refractivity contribution in [2.24, 2.45) is 5.92 Å². The second-order valence-corrected chi connectivity index (χ2v) is 3.46.